The molecule has 0 fully saturated rings. The molecule has 0 saturated heterocycles. The Hall–Kier alpha value is -7.82. The Bertz CT molecular complexity index is 3350. The molecule has 0 saturated carbocycles. The van der Waals surface area contributed by atoms with Crippen molar-refractivity contribution in [3.63, 3.8) is 0 Å². The number of fused-ring (bicyclic) bond motifs is 4. The fraction of sp³-hybridized carbons (Fsp3) is 0.0690. The van der Waals surface area contributed by atoms with E-state index in [9.17, 15) is 0 Å². The lowest BCUT2D eigenvalue weighted by Crippen LogP contribution is -2.12. The summed E-state index contributed by atoms with van der Waals surface area (Å²) >= 11 is 0. The zero-order valence-corrected chi connectivity index (χ0v) is 35.0. The fourth-order valence-corrected chi connectivity index (χ4v) is 9.04. The molecule has 0 bridgehead atoms. The number of hydrogen-bond donors (Lipinski definition) is 0. The highest BCUT2D eigenvalue weighted by Crippen LogP contribution is 2.43. The number of pyridine rings is 1. The molecule has 4 nitrogen and oxygen atoms in total. The number of imidazole rings is 1. The number of nitrogens with zero attached hydrogens (tertiary/aromatic N) is 4. The summed E-state index contributed by atoms with van der Waals surface area (Å²) in [5.41, 5.74) is 17.0. The molecule has 0 radical (unpaired) electrons. The van der Waals surface area contributed by atoms with E-state index in [0.29, 0.717) is 0 Å². The lowest BCUT2D eigenvalue weighted by Gasteiger charge is -2.23. The van der Waals surface area contributed by atoms with E-state index in [1.165, 1.54) is 27.5 Å². The predicted octanol–water partition coefficient (Wildman–Crippen LogP) is 15.2. The van der Waals surface area contributed by atoms with Crippen molar-refractivity contribution in [2.75, 3.05) is 0 Å². The summed E-state index contributed by atoms with van der Waals surface area (Å²) in [5.74, 6) is 0.812. The monoisotopic (exact) mass is 796 g/mol. The van der Waals surface area contributed by atoms with Gasteiger partial charge in [0.2, 0.25) is 5.95 Å². The van der Waals surface area contributed by atoms with Gasteiger partial charge in [-0.15, -0.1) is 0 Å². The van der Waals surface area contributed by atoms with Gasteiger partial charge in [0.15, 0.2) is 0 Å². The number of aromatic nitrogens is 4. The Morgan fingerprint density at radius 3 is 1.60 bits per heavy atom. The van der Waals surface area contributed by atoms with E-state index in [2.05, 4.69) is 242 Å². The van der Waals surface area contributed by atoms with Crippen LogP contribution < -0.4 is 0 Å². The van der Waals surface area contributed by atoms with Crippen LogP contribution in [0.1, 0.15) is 26.3 Å². The van der Waals surface area contributed by atoms with E-state index in [1.54, 1.807) is 0 Å². The van der Waals surface area contributed by atoms with Gasteiger partial charge in [0.1, 0.15) is 5.52 Å². The number of para-hydroxylation sites is 2. The Labute approximate surface area is 362 Å². The SMILES string of the molecule is CC(C)(C)c1ccc(-n2c(-n3c4ccccc4c4c(-c5ccccc5)cccc43)nc3c(-c4cc(-c5ccccc5)cc(-c5ccccc5)n4)cccc32)c(-c2ccccc2)c1. The van der Waals surface area contributed by atoms with Crippen molar-refractivity contribution >= 4 is 32.8 Å². The first kappa shape index (κ1) is 37.2. The molecular formula is C58H44N4. The van der Waals surface area contributed by atoms with Gasteiger partial charge in [0, 0.05) is 27.5 Å². The van der Waals surface area contributed by atoms with Crippen molar-refractivity contribution < 1.29 is 0 Å². The maximum absolute atomic E-state index is 5.81. The smallest absolute Gasteiger partial charge is 0.220 e. The van der Waals surface area contributed by atoms with Crippen molar-refractivity contribution in [1.82, 2.24) is 19.1 Å². The topological polar surface area (TPSA) is 35.6 Å². The predicted molar refractivity (Wildman–Crippen MR) is 259 cm³/mol. The lowest BCUT2D eigenvalue weighted by molar-refractivity contribution is 0.590. The maximum Gasteiger partial charge on any atom is 0.220 e. The summed E-state index contributed by atoms with van der Waals surface area (Å²) in [5, 5.41) is 2.38. The summed E-state index contributed by atoms with van der Waals surface area (Å²) < 4.78 is 4.75. The fourth-order valence-electron chi connectivity index (χ4n) is 9.04. The summed E-state index contributed by atoms with van der Waals surface area (Å²) in [7, 11) is 0. The standard InChI is InChI=1S/C58H44N4/c1-58(2,3)44-34-35-52(48(38-44)41-24-12-6-13-25-41)62-54-33-19-30-46(50-37-43(39-20-8-4-9-21-39)36-49(59-50)42-26-14-7-15-27-42)56(54)60-57(62)61-51-31-17-16-28-47(51)55-45(29-18-32-53(55)61)40-22-10-5-11-23-40/h4-38H,1-3H3. The minimum atomic E-state index is -0.0539. The molecule has 4 heteroatoms. The van der Waals surface area contributed by atoms with Crippen LogP contribution in [0.4, 0.5) is 0 Å². The van der Waals surface area contributed by atoms with Gasteiger partial charge in [-0.3, -0.25) is 9.13 Å². The van der Waals surface area contributed by atoms with Crippen molar-refractivity contribution in [3.8, 4) is 67.5 Å². The molecular weight excluding hydrogens is 753 g/mol. The number of rotatable bonds is 7. The average Bonchev–Trinajstić information content (AvgIpc) is 3.88. The third-order valence-corrected chi connectivity index (χ3v) is 12.1. The van der Waals surface area contributed by atoms with Gasteiger partial charge in [0.25, 0.3) is 0 Å². The molecule has 3 aromatic heterocycles. The van der Waals surface area contributed by atoms with Crippen LogP contribution >= 0.6 is 0 Å². The maximum atomic E-state index is 5.81. The highest BCUT2D eigenvalue weighted by atomic mass is 15.3. The second-order valence-electron chi connectivity index (χ2n) is 17.0. The zero-order valence-electron chi connectivity index (χ0n) is 35.0. The van der Waals surface area contributed by atoms with E-state index in [-0.39, 0.29) is 5.41 Å². The molecule has 0 unspecified atom stereocenters. The van der Waals surface area contributed by atoms with Gasteiger partial charge >= 0.3 is 0 Å². The van der Waals surface area contributed by atoms with Crippen LogP contribution in [0.25, 0.3) is 100 Å². The van der Waals surface area contributed by atoms with E-state index in [4.69, 9.17) is 9.97 Å². The van der Waals surface area contributed by atoms with Crippen LogP contribution in [0.5, 0.6) is 0 Å². The van der Waals surface area contributed by atoms with E-state index >= 15 is 0 Å². The first-order valence-electron chi connectivity index (χ1n) is 21.3. The second kappa shape index (κ2) is 15.0. The molecule has 8 aromatic carbocycles. The molecule has 11 rings (SSSR count). The van der Waals surface area contributed by atoms with Gasteiger partial charge in [-0.2, -0.15) is 0 Å². The molecule has 0 spiro atoms. The van der Waals surface area contributed by atoms with Crippen LogP contribution in [-0.2, 0) is 5.41 Å². The lowest BCUT2D eigenvalue weighted by atomic mass is 9.85. The van der Waals surface area contributed by atoms with Gasteiger partial charge < -0.3 is 0 Å². The summed E-state index contributed by atoms with van der Waals surface area (Å²) in [4.78, 5) is 11.2. The first-order chi connectivity index (χ1) is 30.4. The quantitative estimate of drug-likeness (QED) is 0.161. The van der Waals surface area contributed by atoms with Crippen molar-refractivity contribution in [2.24, 2.45) is 0 Å². The molecule has 0 N–H and O–H groups in total. The highest BCUT2D eigenvalue weighted by molar-refractivity contribution is 6.16. The molecule has 0 aliphatic carbocycles. The van der Waals surface area contributed by atoms with Crippen molar-refractivity contribution in [3.05, 3.63) is 218 Å². The van der Waals surface area contributed by atoms with Crippen LogP contribution in [0, 0.1) is 0 Å². The van der Waals surface area contributed by atoms with Crippen LogP contribution in [0.3, 0.4) is 0 Å². The minimum Gasteiger partial charge on any atom is -0.279 e. The molecule has 0 amide bonds. The normalized spacial score (nSPS) is 11.8. The third-order valence-electron chi connectivity index (χ3n) is 12.1. The molecule has 0 aliphatic rings. The Morgan fingerprint density at radius 2 is 0.919 bits per heavy atom. The molecule has 0 atom stereocenters. The molecule has 3 heterocycles. The van der Waals surface area contributed by atoms with E-state index < -0.39 is 0 Å². The highest BCUT2D eigenvalue weighted by Gasteiger charge is 2.26. The number of benzene rings is 8. The third kappa shape index (κ3) is 6.40. The average molecular weight is 797 g/mol. The van der Waals surface area contributed by atoms with E-state index in [1.807, 2.05) is 0 Å². The second-order valence-corrected chi connectivity index (χ2v) is 17.0. The molecule has 296 valence electrons. The zero-order chi connectivity index (χ0) is 41.8. The first-order valence-corrected chi connectivity index (χ1v) is 21.3. The largest absolute Gasteiger partial charge is 0.279 e. The Morgan fingerprint density at radius 1 is 0.371 bits per heavy atom. The summed E-state index contributed by atoms with van der Waals surface area (Å²) in [6.07, 6.45) is 0. The minimum absolute atomic E-state index is 0.0539. The molecule has 11 aromatic rings. The van der Waals surface area contributed by atoms with Crippen molar-refractivity contribution in [2.45, 2.75) is 26.2 Å². The van der Waals surface area contributed by atoms with Crippen molar-refractivity contribution in [1.29, 1.82) is 0 Å². The van der Waals surface area contributed by atoms with Crippen LogP contribution in [-0.4, -0.2) is 19.1 Å². The van der Waals surface area contributed by atoms with E-state index in [0.717, 1.165) is 78.5 Å². The molecule has 62 heavy (non-hydrogen) atoms. The van der Waals surface area contributed by atoms with Crippen LogP contribution in [0.15, 0.2) is 212 Å². The Balaban J connectivity index is 1.26. The van der Waals surface area contributed by atoms with Gasteiger partial charge in [-0.05, 0) is 81.3 Å². The summed E-state index contributed by atoms with van der Waals surface area (Å²) in [6, 6.07) is 75.9. The van der Waals surface area contributed by atoms with Gasteiger partial charge in [0.05, 0.1) is 33.6 Å². The van der Waals surface area contributed by atoms with Gasteiger partial charge in [-0.1, -0.05) is 191 Å². The Kier molecular flexibility index (Phi) is 9.01. The van der Waals surface area contributed by atoms with Gasteiger partial charge in [-0.25, -0.2) is 9.97 Å². The summed E-state index contributed by atoms with van der Waals surface area (Å²) in [6.45, 7) is 6.84. The molecule has 0 aliphatic heterocycles. The van der Waals surface area contributed by atoms with Crippen LogP contribution in [0.2, 0.25) is 0 Å². The number of hydrogen-bond acceptors (Lipinski definition) is 2.